The van der Waals surface area contributed by atoms with Gasteiger partial charge in [0.2, 0.25) is 0 Å². The van der Waals surface area contributed by atoms with Crippen LogP contribution in [0.3, 0.4) is 0 Å². The Bertz CT molecular complexity index is 346. The lowest BCUT2D eigenvalue weighted by Crippen LogP contribution is -2.26. The lowest BCUT2D eigenvalue weighted by atomic mass is 10.4. The van der Waals surface area contributed by atoms with Gasteiger partial charge in [-0.15, -0.1) is 0 Å². The normalized spacial score (nSPS) is 18.3. The Kier molecular flexibility index (Phi) is 2.23. The predicted molar refractivity (Wildman–Crippen MR) is 46.6 cm³/mol. The number of halogens is 3. The van der Waals surface area contributed by atoms with Crippen molar-refractivity contribution in [3.8, 4) is 0 Å². The van der Waals surface area contributed by atoms with Crippen LogP contribution < -0.4 is 0 Å². The number of alkyl halides is 3. The van der Waals surface area contributed by atoms with Crippen LogP contribution in [0.1, 0.15) is 11.5 Å². The van der Waals surface area contributed by atoms with E-state index in [0.717, 1.165) is 6.20 Å². The Hall–Kier alpha value is -0.690. The molecule has 0 aliphatic carbocycles. The summed E-state index contributed by atoms with van der Waals surface area (Å²) >= 11 is 4.07. The van der Waals surface area contributed by atoms with Crippen molar-refractivity contribution in [3.63, 3.8) is 0 Å². The third-order valence-electron chi connectivity index (χ3n) is 2.07. The van der Waals surface area contributed by atoms with Gasteiger partial charge >= 0.3 is 6.18 Å². The molecule has 0 saturated heterocycles. The van der Waals surface area contributed by atoms with Crippen LogP contribution in [0.25, 0.3) is 0 Å². The number of imidazole rings is 1. The van der Waals surface area contributed by atoms with Crippen molar-refractivity contribution in [2.45, 2.75) is 19.3 Å². The van der Waals surface area contributed by atoms with Crippen LogP contribution in [-0.4, -0.2) is 20.4 Å². The molecule has 7 heteroatoms. The minimum atomic E-state index is -4.36. The third kappa shape index (κ3) is 1.74. The molecule has 0 unspecified atom stereocenters. The first-order valence-corrected chi connectivity index (χ1v) is 4.44. The van der Waals surface area contributed by atoms with E-state index in [1.807, 2.05) is 0 Å². The summed E-state index contributed by atoms with van der Waals surface area (Å²) in [5.74, 6) is 0.415. The highest BCUT2D eigenvalue weighted by Crippen LogP contribution is 2.29. The summed E-state index contributed by atoms with van der Waals surface area (Å²) in [6, 6.07) is 0. The Morgan fingerprint density at radius 2 is 2.07 bits per heavy atom. The molecule has 0 spiro atoms. The van der Waals surface area contributed by atoms with E-state index in [2.05, 4.69) is 17.8 Å². The molecule has 2 heterocycles. The second-order valence-corrected chi connectivity index (χ2v) is 3.69. The van der Waals surface area contributed by atoms with Gasteiger partial charge in [0.1, 0.15) is 5.82 Å². The lowest BCUT2D eigenvalue weighted by Gasteiger charge is -2.21. The van der Waals surface area contributed by atoms with Gasteiger partial charge in [0, 0.05) is 19.3 Å². The largest absolute Gasteiger partial charge is 0.434 e. The predicted octanol–water partition coefficient (Wildman–Crippen LogP) is 1.56. The van der Waals surface area contributed by atoms with E-state index in [4.69, 9.17) is 0 Å². The second-order valence-electron chi connectivity index (χ2n) is 3.12. The van der Waals surface area contributed by atoms with Crippen LogP contribution in [0.4, 0.5) is 13.2 Å². The molecule has 1 aromatic heterocycles. The summed E-state index contributed by atoms with van der Waals surface area (Å²) in [4.78, 5) is 3.52. The average molecular weight is 223 g/mol. The van der Waals surface area contributed by atoms with Crippen molar-refractivity contribution in [1.29, 1.82) is 0 Å². The monoisotopic (exact) mass is 223 g/mol. The van der Waals surface area contributed by atoms with Crippen LogP contribution in [0.5, 0.6) is 0 Å². The highest BCUT2D eigenvalue weighted by atomic mass is 32.1. The molecule has 0 aromatic carbocycles. The smallest absolute Gasteiger partial charge is 0.332 e. The molecule has 1 aliphatic rings. The quantitative estimate of drug-likeness (QED) is 0.674. The standard InChI is InChI=1S/C7H8F3N3S/c8-7(9,10)5-3-12-1-2-13(14)4-6(12)11-5/h3,14H,1-2,4H2. The Morgan fingerprint density at radius 3 is 2.71 bits per heavy atom. The van der Waals surface area contributed by atoms with Crippen molar-refractivity contribution in [1.82, 2.24) is 13.9 Å². The van der Waals surface area contributed by atoms with Crippen LogP contribution >= 0.6 is 12.8 Å². The van der Waals surface area contributed by atoms with Crippen LogP contribution in [-0.2, 0) is 19.3 Å². The topological polar surface area (TPSA) is 21.1 Å². The molecule has 14 heavy (non-hydrogen) atoms. The van der Waals surface area contributed by atoms with E-state index in [1.165, 1.54) is 4.57 Å². The fourth-order valence-corrected chi connectivity index (χ4v) is 1.59. The maximum atomic E-state index is 12.3. The number of hydrogen-bond acceptors (Lipinski definition) is 3. The number of hydrogen-bond donors (Lipinski definition) is 1. The molecule has 0 bridgehead atoms. The zero-order valence-corrected chi connectivity index (χ0v) is 8.02. The number of fused-ring (bicyclic) bond motifs is 1. The molecule has 0 fully saturated rings. The molecular formula is C7H8F3N3S. The summed E-state index contributed by atoms with van der Waals surface area (Å²) in [5, 5.41) is 0. The van der Waals surface area contributed by atoms with Gasteiger partial charge in [0.15, 0.2) is 5.69 Å². The van der Waals surface area contributed by atoms with Crippen LogP contribution in [0, 0.1) is 0 Å². The van der Waals surface area contributed by atoms with Crippen molar-refractivity contribution in [2.24, 2.45) is 0 Å². The fourth-order valence-electron chi connectivity index (χ4n) is 1.38. The van der Waals surface area contributed by atoms with Crippen LogP contribution in [0.2, 0.25) is 0 Å². The van der Waals surface area contributed by atoms with E-state index >= 15 is 0 Å². The third-order valence-corrected chi connectivity index (χ3v) is 2.41. The molecule has 0 radical (unpaired) electrons. The molecule has 78 valence electrons. The highest BCUT2D eigenvalue weighted by Gasteiger charge is 2.35. The molecule has 1 aromatic rings. The van der Waals surface area contributed by atoms with Gasteiger partial charge in [0.25, 0.3) is 0 Å². The van der Waals surface area contributed by atoms with Gasteiger partial charge in [-0.2, -0.15) is 13.2 Å². The first kappa shape index (κ1) is 9.85. The lowest BCUT2D eigenvalue weighted by molar-refractivity contribution is -0.141. The molecule has 1 aliphatic heterocycles. The Balaban J connectivity index is 2.32. The first-order chi connectivity index (χ1) is 6.47. The van der Waals surface area contributed by atoms with Gasteiger partial charge in [-0.1, -0.05) is 12.8 Å². The van der Waals surface area contributed by atoms with E-state index in [0.29, 0.717) is 25.5 Å². The molecule has 3 nitrogen and oxygen atoms in total. The highest BCUT2D eigenvalue weighted by molar-refractivity contribution is 7.77. The van der Waals surface area contributed by atoms with Crippen molar-refractivity contribution in [2.75, 3.05) is 6.54 Å². The zero-order chi connectivity index (χ0) is 10.3. The zero-order valence-electron chi connectivity index (χ0n) is 7.12. The number of rotatable bonds is 0. The summed E-state index contributed by atoms with van der Waals surface area (Å²) < 4.78 is 40.0. The molecule has 0 saturated carbocycles. The van der Waals surface area contributed by atoms with Gasteiger partial charge < -0.3 is 4.57 Å². The van der Waals surface area contributed by atoms with Crippen molar-refractivity contribution < 1.29 is 13.2 Å². The van der Waals surface area contributed by atoms with E-state index in [9.17, 15) is 13.2 Å². The molecule has 0 N–H and O–H groups in total. The average Bonchev–Trinajstić information content (AvgIpc) is 2.45. The summed E-state index contributed by atoms with van der Waals surface area (Å²) in [7, 11) is 0. The van der Waals surface area contributed by atoms with Gasteiger partial charge in [-0.25, -0.2) is 9.29 Å². The van der Waals surface area contributed by atoms with E-state index in [-0.39, 0.29) is 0 Å². The molecule has 0 amide bonds. The Morgan fingerprint density at radius 1 is 1.36 bits per heavy atom. The minimum absolute atomic E-state index is 0.346. The minimum Gasteiger partial charge on any atom is -0.332 e. The van der Waals surface area contributed by atoms with Crippen molar-refractivity contribution in [3.05, 3.63) is 17.7 Å². The maximum absolute atomic E-state index is 12.3. The Labute approximate surface area is 84.1 Å². The molecule has 2 rings (SSSR count). The number of aromatic nitrogens is 2. The summed E-state index contributed by atoms with van der Waals surface area (Å²) in [6.45, 7) is 1.48. The molecule has 0 atom stereocenters. The summed E-state index contributed by atoms with van der Waals surface area (Å²) in [6.07, 6.45) is -3.30. The second kappa shape index (κ2) is 3.16. The number of thiol groups is 1. The van der Waals surface area contributed by atoms with E-state index in [1.54, 1.807) is 4.31 Å². The molecular weight excluding hydrogens is 215 g/mol. The SMILES string of the molecule is FC(F)(F)c1cn2c(n1)CN(S)CC2. The fraction of sp³-hybridized carbons (Fsp3) is 0.571. The van der Waals surface area contributed by atoms with Gasteiger partial charge in [0.05, 0.1) is 6.54 Å². The summed E-state index contributed by atoms with van der Waals surface area (Å²) in [5.41, 5.74) is -0.823. The van der Waals surface area contributed by atoms with Crippen LogP contribution in [0.15, 0.2) is 6.20 Å². The van der Waals surface area contributed by atoms with Gasteiger partial charge in [-0.05, 0) is 0 Å². The van der Waals surface area contributed by atoms with E-state index < -0.39 is 11.9 Å². The van der Waals surface area contributed by atoms with Crippen molar-refractivity contribution >= 4 is 12.8 Å². The van der Waals surface area contributed by atoms with Gasteiger partial charge in [-0.3, -0.25) is 0 Å². The maximum Gasteiger partial charge on any atom is 0.434 e. The first-order valence-electron chi connectivity index (χ1n) is 4.04. The number of nitrogens with zero attached hydrogens (tertiary/aromatic N) is 3.